The maximum Gasteiger partial charge on any atom is 0.166 e. The SMILES string of the molecule is CCC(C)(C=O)CN1CCSCC1S(=O)(=O)CC. The number of carbonyl (C=O) groups excluding carboxylic acids is 1. The zero-order chi connectivity index (χ0) is 13.8. The van der Waals surface area contributed by atoms with Gasteiger partial charge in [0.2, 0.25) is 0 Å². The van der Waals surface area contributed by atoms with E-state index in [1.165, 1.54) is 0 Å². The minimum atomic E-state index is -3.07. The second kappa shape index (κ2) is 6.39. The van der Waals surface area contributed by atoms with Crippen LogP contribution in [0.25, 0.3) is 0 Å². The standard InChI is InChI=1S/C12H23NO3S2/c1-4-12(3,10-14)9-13-6-7-17-8-11(13)18(15,16)5-2/h10-11H,4-9H2,1-3H3. The van der Waals surface area contributed by atoms with Crippen molar-refractivity contribution in [3.8, 4) is 0 Å². The van der Waals surface area contributed by atoms with Gasteiger partial charge in [-0.3, -0.25) is 4.90 Å². The molecule has 1 aliphatic rings. The third-order valence-electron chi connectivity index (χ3n) is 3.66. The molecule has 1 heterocycles. The molecule has 1 rings (SSSR count). The third-order valence-corrected chi connectivity index (χ3v) is 7.00. The molecule has 0 spiro atoms. The van der Waals surface area contributed by atoms with E-state index in [2.05, 4.69) is 0 Å². The molecule has 1 fully saturated rings. The van der Waals surface area contributed by atoms with Gasteiger partial charge in [0.15, 0.2) is 9.84 Å². The Morgan fingerprint density at radius 2 is 2.11 bits per heavy atom. The van der Waals surface area contributed by atoms with Gasteiger partial charge in [-0.05, 0) is 6.42 Å². The normalized spacial score (nSPS) is 25.6. The molecule has 18 heavy (non-hydrogen) atoms. The molecule has 0 aliphatic carbocycles. The van der Waals surface area contributed by atoms with Crippen molar-refractivity contribution in [2.75, 3.05) is 30.3 Å². The van der Waals surface area contributed by atoms with Gasteiger partial charge < -0.3 is 4.79 Å². The lowest BCUT2D eigenvalue weighted by molar-refractivity contribution is -0.116. The summed E-state index contributed by atoms with van der Waals surface area (Å²) in [5.74, 6) is 1.72. The Hall–Kier alpha value is -0.0700. The molecule has 1 aliphatic heterocycles. The average molecular weight is 293 g/mol. The van der Waals surface area contributed by atoms with Crippen LogP contribution in [0.1, 0.15) is 27.2 Å². The van der Waals surface area contributed by atoms with Crippen molar-refractivity contribution >= 4 is 27.9 Å². The molecule has 0 aromatic rings. The summed E-state index contributed by atoms with van der Waals surface area (Å²) in [5.41, 5.74) is -0.441. The van der Waals surface area contributed by atoms with Crippen LogP contribution < -0.4 is 0 Å². The van der Waals surface area contributed by atoms with Crippen molar-refractivity contribution in [2.24, 2.45) is 5.41 Å². The number of sulfone groups is 1. The average Bonchev–Trinajstić information content (AvgIpc) is 2.39. The summed E-state index contributed by atoms with van der Waals surface area (Å²) < 4.78 is 24.2. The minimum absolute atomic E-state index is 0.165. The molecule has 4 nitrogen and oxygen atoms in total. The second-order valence-electron chi connectivity index (χ2n) is 5.08. The molecule has 106 valence electrons. The van der Waals surface area contributed by atoms with Crippen LogP contribution in [0.4, 0.5) is 0 Å². The number of nitrogens with zero attached hydrogens (tertiary/aromatic N) is 1. The predicted molar refractivity (Wildman–Crippen MR) is 76.6 cm³/mol. The van der Waals surface area contributed by atoms with Crippen LogP contribution in [-0.4, -0.2) is 55.3 Å². The van der Waals surface area contributed by atoms with E-state index < -0.39 is 20.6 Å². The Balaban J connectivity index is 2.87. The first kappa shape index (κ1) is 16.0. The number of aldehydes is 1. The summed E-state index contributed by atoms with van der Waals surface area (Å²) in [4.78, 5) is 13.2. The van der Waals surface area contributed by atoms with Crippen molar-refractivity contribution in [3.63, 3.8) is 0 Å². The summed E-state index contributed by atoms with van der Waals surface area (Å²) in [6.07, 6.45) is 1.70. The van der Waals surface area contributed by atoms with E-state index in [9.17, 15) is 13.2 Å². The number of hydrogen-bond acceptors (Lipinski definition) is 5. The summed E-state index contributed by atoms with van der Waals surface area (Å²) >= 11 is 1.68. The van der Waals surface area contributed by atoms with Crippen LogP contribution in [0, 0.1) is 5.41 Å². The molecule has 0 N–H and O–H groups in total. The molecular formula is C12H23NO3S2. The van der Waals surface area contributed by atoms with Crippen LogP contribution in [0.2, 0.25) is 0 Å². The molecule has 0 amide bonds. The van der Waals surface area contributed by atoms with Gasteiger partial charge in [-0.2, -0.15) is 11.8 Å². The van der Waals surface area contributed by atoms with E-state index in [0.717, 1.165) is 25.0 Å². The molecule has 2 atom stereocenters. The molecular weight excluding hydrogens is 270 g/mol. The molecule has 0 radical (unpaired) electrons. The fraction of sp³-hybridized carbons (Fsp3) is 0.917. The maximum absolute atomic E-state index is 12.1. The monoisotopic (exact) mass is 293 g/mol. The number of hydrogen-bond donors (Lipinski definition) is 0. The topological polar surface area (TPSA) is 54.5 Å². The Morgan fingerprint density at radius 3 is 2.61 bits per heavy atom. The molecule has 0 bridgehead atoms. The van der Waals surface area contributed by atoms with Crippen molar-refractivity contribution in [1.29, 1.82) is 0 Å². The minimum Gasteiger partial charge on any atom is -0.303 e. The van der Waals surface area contributed by atoms with E-state index in [0.29, 0.717) is 12.3 Å². The van der Waals surface area contributed by atoms with Crippen molar-refractivity contribution in [3.05, 3.63) is 0 Å². The second-order valence-corrected chi connectivity index (χ2v) is 8.67. The van der Waals surface area contributed by atoms with E-state index in [4.69, 9.17) is 0 Å². The lowest BCUT2D eigenvalue weighted by Crippen LogP contribution is -2.51. The fourth-order valence-corrected chi connectivity index (χ4v) is 5.10. The predicted octanol–water partition coefficient (Wildman–Crippen LogP) is 1.41. The van der Waals surface area contributed by atoms with Crippen molar-refractivity contribution < 1.29 is 13.2 Å². The number of carbonyl (C=O) groups is 1. The van der Waals surface area contributed by atoms with Gasteiger partial charge in [0, 0.05) is 35.8 Å². The Labute approximate surface area is 114 Å². The van der Waals surface area contributed by atoms with Gasteiger partial charge in [-0.25, -0.2) is 8.42 Å². The zero-order valence-corrected chi connectivity index (χ0v) is 13.0. The van der Waals surface area contributed by atoms with Gasteiger partial charge in [-0.1, -0.05) is 20.8 Å². The number of rotatable bonds is 6. The van der Waals surface area contributed by atoms with Gasteiger partial charge in [0.25, 0.3) is 0 Å². The molecule has 1 saturated heterocycles. The maximum atomic E-state index is 12.1. The quantitative estimate of drug-likeness (QED) is 0.693. The van der Waals surface area contributed by atoms with E-state index in [1.54, 1.807) is 18.7 Å². The first-order valence-electron chi connectivity index (χ1n) is 6.38. The van der Waals surface area contributed by atoms with Crippen LogP contribution in [0.3, 0.4) is 0 Å². The fourth-order valence-electron chi connectivity index (χ4n) is 2.02. The smallest absolute Gasteiger partial charge is 0.166 e. The highest BCUT2D eigenvalue weighted by Crippen LogP contribution is 2.27. The lowest BCUT2D eigenvalue weighted by atomic mass is 9.89. The van der Waals surface area contributed by atoms with Gasteiger partial charge in [-0.15, -0.1) is 0 Å². The summed E-state index contributed by atoms with van der Waals surface area (Å²) in [6.45, 7) is 6.84. The highest BCUT2D eigenvalue weighted by Gasteiger charge is 2.36. The van der Waals surface area contributed by atoms with Crippen LogP contribution in [0.15, 0.2) is 0 Å². The molecule has 0 saturated carbocycles. The molecule has 0 aromatic heterocycles. The Morgan fingerprint density at radius 1 is 1.44 bits per heavy atom. The first-order valence-corrected chi connectivity index (χ1v) is 9.25. The summed E-state index contributed by atoms with van der Waals surface area (Å²) in [7, 11) is -3.07. The Bertz CT molecular complexity index is 383. The van der Waals surface area contributed by atoms with Crippen LogP contribution in [0.5, 0.6) is 0 Å². The molecule has 0 aromatic carbocycles. The highest BCUT2D eigenvalue weighted by atomic mass is 32.2. The largest absolute Gasteiger partial charge is 0.303 e. The Kier molecular flexibility index (Phi) is 5.67. The molecule has 2 unspecified atom stereocenters. The highest BCUT2D eigenvalue weighted by molar-refractivity contribution is 8.01. The van der Waals surface area contributed by atoms with E-state index >= 15 is 0 Å². The van der Waals surface area contributed by atoms with Gasteiger partial charge in [0.1, 0.15) is 11.7 Å². The zero-order valence-electron chi connectivity index (χ0n) is 11.4. The van der Waals surface area contributed by atoms with E-state index in [1.807, 2.05) is 18.7 Å². The molecule has 6 heteroatoms. The third kappa shape index (κ3) is 3.71. The van der Waals surface area contributed by atoms with Gasteiger partial charge >= 0.3 is 0 Å². The van der Waals surface area contributed by atoms with E-state index in [-0.39, 0.29) is 5.75 Å². The van der Waals surface area contributed by atoms with Crippen LogP contribution >= 0.6 is 11.8 Å². The van der Waals surface area contributed by atoms with Crippen molar-refractivity contribution in [1.82, 2.24) is 4.90 Å². The van der Waals surface area contributed by atoms with Gasteiger partial charge in [0.05, 0.1) is 0 Å². The van der Waals surface area contributed by atoms with Crippen LogP contribution in [-0.2, 0) is 14.6 Å². The summed E-state index contributed by atoms with van der Waals surface area (Å²) in [6, 6.07) is 0. The van der Waals surface area contributed by atoms with Crippen molar-refractivity contribution in [2.45, 2.75) is 32.6 Å². The summed E-state index contributed by atoms with van der Waals surface area (Å²) in [5, 5.41) is -0.424. The number of thioether (sulfide) groups is 1. The first-order chi connectivity index (χ1) is 8.38. The lowest BCUT2D eigenvalue weighted by Gasteiger charge is -2.38.